The summed E-state index contributed by atoms with van der Waals surface area (Å²) in [5.74, 6) is 1.08. The van der Waals surface area contributed by atoms with Crippen molar-refractivity contribution in [3.63, 3.8) is 0 Å². The van der Waals surface area contributed by atoms with E-state index in [1.807, 2.05) is 6.07 Å². The lowest BCUT2D eigenvalue weighted by molar-refractivity contribution is 0.0732. The third kappa shape index (κ3) is 4.44. The van der Waals surface area contributed by atoms with Crippen LogP contribution in [0.2, 0.25) is 0 Å². The van der Waals surface area contributed by atoms with E-state index in [9.17, 15) is 13.5 Å². The Hall–Kier alpha value is -2.23. The highest BCUT2D eigenvalue weighted by atomic mass is 32.2. The molecular formula is C16H21N5O3S. The molecule has 1 saturated carbocycles. The minimum atomic E-state index is -3.67. The molecule has 1 aromatic carbocycles. The second-order valence-corrected chi connectivity index (χ2v) is 7.79. The second-order valence-electron chi connectivity index (χ2n) is 6.22. The van der Waals surface area contributed by atoms with Gasteiger partial charge in [0, 0.05) is 18.5 Å². The summed E-state index contributed by atoms with van der Waals surface area (Å²) in [4.78, 5) is 8.50. The number of nitrogens with one attached hydrogen (secondary N) is 1. The van der Waals surface area contributed by atoms with Crippen molar-refractivity contribution in [2.45, 2.75) is 36.2 Å². The van der Waals surface area contributed by atoms with Crippen LogP contribution in [0.4, 0.5) is 11.8 Å². The molecule has 1 fully saturated rings. The second kappa shape index (κ2) is 6.95. The molecule has 8 nitrogen and oxygen atoms in total. The summed E-state index contributed by atoms with van der Waals surface area (Å²) in [5, 5.41) is 17.7. The summed E-state index contributed by atoms with van der Waals surface area (Å²) in [7, 11) is -3.67. The van der Waals surface area contributed by atoms with Gasteiger partial charge in [-0.2, -0.15) is 4.98 Å². The molecule has 1 aromatic heterocycles. The van der Waals surface area contributed by atoms with E-state index >= 15 is 0 Å². The quantitative estimate of drug-likeness (QED) is 0.588. The van der Waals surface area contributed by atoms with E-state index in [4.69, 9.17) is 10.9 Å². The molecule has 134 valence electrons. The zero-order valence-corrected chi connectivity index (χ0v) is 14.4. The van der Waals surface area contributed by atoms with Crippen molar-refractivity contribution < 1.29 is 13.5 Å². The molecule has 6 N–H and O–H groups in total. The summed E-state index contributed by atoms with van der Waals surface area (Å²) >= 11 is 0. The molecular weight excluding hydrogens is 342 g/mol. The van der Waals surface area contributed by atoms with Crippen LogP contribution in [0.3, 0.4) is 0 Å². The lowest BCUT2D eigenvalue weighted by Gasteiger charge is -2.30. The van der Waals surface area contributed by atoms with Crippen molar-refractivity contribution >= 4 is 21.8 Å². The summed E-state index contributed by atoms with van der Waals surface area (Å²) in [6.07, 6.45) is 1.84. The highest BCUT2D eigenvalue weighted by molar-refractivity contribution is 7.89. The van der Waals surface area contributed by atoms with Crippen molar-refractivity contribution in [1.82, 2.24) is 9.97 Å². The first-order valence-corrected chi connectivity index (χ1v) is 9.54. The van der Waals surface area contributed by atoms with Crippen LogP contribution in [0, 0.1) is 0 Å². The van der Waals surface area contributed by atoms with E-state index in [-0.39, 0.29) is 22.9 Å². The Balaban J connectivity index is 1.58. The lowest BCUT2D eigenvalue weighted by Crippen LogP contribution is -2.27. The average molecular weight is 363 g/mol. The third-order valence-corrected chi connectivity index (χ3v) is 5.20. The van der Waals surface area contributed by atoms with Gasteiger partial charge in [-0.1, -0.05) is 12.1 Å². The van der Waals surface area contributed by atoms with Crippen LogP contribution in [0.1, 0.15) is 30.0 Å². The minimum Gasteiger partial charge on any atom is -0.393 e. The SMILES string of the molecule is Nc1nc(NCCc2ccc(S(N)(=O)=O)cc2)cc(C2CC(O)C2)n1. The number of aliphatic hydroxyl groups is 1. The Labute approximate surface area is 146 Å². The molecule has 0 saturated heterocycles. The van der Waals surface area contributed by atoms with Crippen LogP contribution < -0.4 is 16.2 Å². The van der Waals surface area contributed by atoms with E-state index < -0.39 is 10.0 Å². The maximum absolute atomic E-state index is 11.2. The topological polar surface area (TPSA) is 144 Å². The van der Waals surface area contributed by atoms with E-state index in [0.29, 0.717) is 31.6 Å². The third-order valence-electron chi connectivity index (χ3n) is 4.27. The Kier molecular flexibility index (Phi) is 4.89. The standard InChI is InChI=1S/C16H21N5O3S/c17-16-20-14(11-7-12(22)8-11)9-15(21-16)19-6-5-10-1-3-13(4-2-10)25(18,23)24/h1-4,9,11-12,22H,5-8H2,(H2,18,23,24)(H3,17,19,20,21). The number of rotatable bonds is 6. The Morgan fingerprint density at radius 1 is 1.20 bits per heavy atom. The Morgan fingerprint density at radius 2 is 1.88 bits per heavy atom. The number of aromatic nitrogens is 2. The van der Waals surface area contributed by atoms with Crippen LogP contribution in [-0.2, 0) is 16.4 Å². The summed E-state index contributed by atoms with van der Waals surface area (Å²) in [6.45, 7) is 0.609. The zero-order chi connectivity index (χ0) is 18.0. The number of nitrogen functional groups attached to an aromatic ring is 1. The van der Waals surface area contributed by atoms with E-state index in [1.165, 1.54) is 12.1 Å². The highest BCUT2D eigenvalue weighted by Gasteiger charge is 2.30. The first-order chi connectivity index (χ1) is 11.8. The number of primary sulfonamides is 1. The van der Waals surface area contributed by atoms with Gasteiger partial charge in [-0.25, -0.2) is 18.5 Å². The molecule has 0 amide bonds. The average Bonchev–Trinajstić information content (AvgIpc) is 2.51. The van der Waals surface area contributed by atoms with E-state index in [1.54, 1.807) is 12.1 Å². The zero-order valence-electron chi connectivity index (χ0n) is 13.6. The molecule has 1 heterocycles. The molecule has 0 spiro atoms. The van der Waals surface area contributed by atoms with Gasteiger partial charge in [-0.05, 0) is 37.0 Å². The molecule has 1 aliphatic carbocycles. The smallest absolute Gasteiger partial charge is 0.238 e. The van der Waals surface area contributed by atoms with Crippen molar-refractivity contribution in [3.05, 3.63) is 41.6 Å². The largest absolute Gasteiger partial charge is 0.393 e. The number of hydrogen-bond acceptors (Lipinski definition) is 7. The van der Waals surface area contributed by atoms with Gasteiger partial charge in [0.2, 0.25) is 16.0 Å². The van der Waals surface area contributed by atoms with Crippen LogP contribution in [0.25, 0.3) is 0 Å². The fourth-order valence-electron chi connectivity index (χ4n) is 2.80. The van der Waals surface area contributed by atoms with Gasteiger partial charge >= 0.3 is 0 Å². The van der Waals surface area contributed by atoms with E-state index in [0.717, 1.165) is 11.3 Å². The molecule has 0 atom stereocenters. The van der Waals surface area contributed by atoms with Crippen LogP contribution >= 0.6 is 0 Å². The van der Waals surface area contributed by atoms with Gasteiger partial charge in [-0.15, -0.1) is 0 Å². The molecule has 9 heteroatoms. The Bertz CT molecular complexity index is 849. The van der Waals surface area contributed by atoms with Crippen molar-refractivity contribution in [2.24, 2.45) is 5.14 Å². The number of anilines is 2. The first-order valence-electron chi connectivity index (χ1n) is 7.99. The molecule has 1 aliphatic rings. The van der Waals surface area contributed by atoms with Crippen LogP contribution in [-0.4, -0.2) is 36.1 Å². The molecule has 0 aliphatic heterocycles. The van der Waals surface area contributed by atoms with Gasteiger partial charge < -0.3 is 16.2 Å². The summed E-state index contributed by atoms with van der Waals surface area (Å²) < 4.78 is 22.5. The number of sulfonamides is 1. The number of aliphatic hydroxyl groups excluding tert-OH is 1. The summed E-state index contributed by atoms with van der Waals surface area (Å²) in [5.41, 5.74) is 7.58. The van der Waals surface area contributed by atoms with Gasteiger partial charge in [-0.3, -0.25) is 0 Å². The summed E-state index contributed by atoms with van der Waals surface area (Å²) in [6, 6.07) is 8.31. The maximum Gasteiger partial charge on any atom is 0.238 e. The van der Waals surface area contributed by atoms with Crippen molar-refractivity contribution in [3.8, 4) is 0 Å². The normalized spacial score (nSPS) is 20.1. The van der Waals surface area contributed by atoms with Gasteiger partial charge in [0.05, 0.1) is 16.7 Å². The van der Waals surface area contributed by atoms with Gasteiger partial charge in [0.1, 0.15) is 5.82 Å². The number of hydrogen-bond donors (Lipinski definition) is 4. The first kappa shape index (κ1) is 17.6. The van der Waals surface area contributed by atoms with Gasteiger partial charge in [0.25, 0.3) is 0 Å². The molecule has 3 rings (SSSR count). The van der Waals surface area contributed by atoms with Crippen molar-refractivity contribution in [1.29, 1.82) is 0 Å². The van der Waals surface area contributed by atoms with E-state index in [2.05, 4.69) is 15.3 Å². The monoisotopic (exact) mass is 363 g/mol. The fourth-order valence-corrected chi connectivity index (χ4v) is 3.31. The van der Waals surface area contributed by atoms with Crippen LogP contribution in [0.5, 0.6) is 0 Å². The predicted molar refractivity (Wildman–Crippen MR) is 94.4 cm³/mol. The van der Waals surface area contributed by atoms with Crippen molar-refractivity contribution in [2.75, 3.05) is 17.6 Å². The highest BCUT2D eigenvalue weighted by Crippen LogP contribution is 2.36. The number of nitrogens with zero attached hydrogens (tertiary/aromatic N) is 2. The molecule has 2 aromatic rings. The lowest BCUT2D eigenvalue weighted by atomic mass is 9.80. The molecule has 0 unspecified atom stereocenters. The van der Waals surface area contributed by atoms with Crippen LogP contribution in [0.15, 0.2) is 35.2 Å². The molecule has 0 bridgehead atoms. The molecule has 25 heavy (non-hydrogen) atoms. The Morgan fingerprint density at radius 3 is 2.48 bits per heavy atom. The van der Waals surface area contributed by atoms with Gasteiger partial charge in [0.15, 0.2) is 0 Å². The number of benzene rings is 1. The minimum absolute atomic E-state index is 0.0973. The fraction of sp³-hybridized carbons (Fsp3) is 0.375. The molecule has 0 radical (unpaired) electrons. The predicted octanol–water partition coefficient (Wildman–Crippen LogP) is 0.599. The number of nitrogens with two attached hydrogens (primary N) is 2. The maximum atomic E-state index is 11.2.